The van der Waals surface area contributed by atoms with Crippen molar-refractivity contribution in [3.8, 4) is 0 Å². The number of nitrogens with one attached hydrogen (secondary N) is 1. The fourth-order valence-electron chi connectivity index (χ4n) is 3.19. The van der Waals surface area contributed by atoms with Gasteiger partial charge in [-0.25, -0.2) is 0 Å². The fourth-order valence-corrected chi connectivity index (χ4v) is 3.19. The maximum Gasteiger partial charge on any atom is 0.227 e. The number of nitrogens with zero attached hydrogens (tertiary/aromatic N) is 3. The van der Waals surface area contributed by atoms with E-state index >= 15 is 0 Å². The highest BCUT2D eigenvalue weighted by Gasteiger charge is 2.37. The number of β-amino-alcohol motifs (C(OH)–C–C–N with tert-alkyl or cyclic N) is 1. The van der Waals surface area contributed by atoms with Gasteiger partial charge >= 0.3 is 0 Å². The molecule has 7 heteroatoms. The molecule has 1 saturated heterocycles. The molecule has 0 bridgehead atoms. The minimum atomic E-state index is -1.13. The standard InChI is InChI=1S/C16H26N4O3/c1-11-13(12(2)19(4)18-11)8-15(22)20-7-5-6-16(23,10-20)9-14(21)17-3/h23H,5-10H2,1-4H3,(H,17,21). The average molecular weight is 322 g/mol. The Hall–Kier alpha value is -1.89. The first kappa shape index (κ1) is 17.5. The van der Waals surface area contributed by atoms with E-state index in [1.807, 2.05) is 20.9 Å². The molecule has 128 valence electrons. The number of carbonyl (C=O) groups excluding carboxylic acids is 2. The molecule has 0 saturated carbocycles. The molecule has 0 radical (unpaired) electrons. The number of piperidine rings is 1. The van der Waals surface area contributed by atoms with Gasteiger partial charge in [0, 0.05) is 38.4 Å². The summed E-state index contributed by atoms with van der Waals surface area (Å²) < 4.78 is 1.77. The van der Waals surface area contributed by atoms with Crippen LogP contribution in [0.5, 0.6) is 0 Å². The first-order valence-corrected chi connectivity index (χ1v) is 7.95. The molecule has 2 rings (SSSR count). The number of hydrogen-bond acceptors (Lipinski definition) is 4. The van der Waals surface area contributed by atoms with E-state index < -0.39 is 5.60 Å². The maximum absolute atomic E-state index is 12.6. The molecular weight excluding hydrogens is 296 g/mol. The van der Waals surface area contributed by atoms with Gasteiger partial charge in [-0.1, -0.05) is 0 Å². The van der Waals surface area contributed by atoms with E-state index in [0.29, 0.717) is 19.4 Å². The molecule has 1 fully saturated rings. The van der Waals surface area contributed by atoms with Gasteiger partial charge in [-0.15, -0.1) is 0 Å². The highest BCUT2D eigenvalue weighted by Crippen LogP contribution is 2.25. The number of aryl methyl sites for hydroxylation is 2. The van der Waals surface area contributed by atoms with Crippen molar-refractivity contribution in [3.63, 3.8) is 0 Å². The largest absolute Gasteiger partial charge is 0.388 e. The predicted octanol–water partition coefficient (Wildman–Crippen LogP) is 0.0690. The molecule has 1 aliphatic rings. The summed E-state index contributed by atoms with van der Waals surface area (Å²) in [5.41, 5.74) is 1.65. The van der Waals surface area contributed by atoms with Crippen molar-refractivity contribution in [2.45, 2.75) is 45.1 Å². The molecular formula is C16H26N4O3. The van der Waals surface area contributed by atoms with Gasteiger partial charge in [-0.3, -0.25) is 14.3 Å². The van der Waals surface area contributed by atoms with Crippen molar-refractivity contribution >= 4 is 11.8 Å². The van der Waals surface area contributed by atoms with Crippen LogP contribution >= 0.6 is 0 Å². The molecule has 2 heterocycles. The number of carbonyl (C=O) groups is 2. The molecule has 1 aromatic rings. The number of aliphatic hydroxyl groups is 1. The quantitative estimate of drug-likeness (QED) is 0.821. The van der Waals surface area contributed by atoms with Gasteiger partial charge < -0.3 is 15.3 Å². The van der Waals surface area contributed by atoms with Crippen LogP contribution in [0, 0.1) is 13.8 Å². The Kier molecular flexibility index (Phi) is 5.09. The van der Waals surface area contributed by atoms with Crippen LogP contribution in [0.15, 0.2) is 0 Å². The summed E-state index contributed by atoms with van der Waals surface area (Å²) in [6, 6.07) is 0. The summed E-state index contributed by atoms with van der Waals surface area (Å²) in [5, 5.41) is 17.5. The number of amides is 2. The molecule has 2 amide bonds. The van der Waals surface area contributed by atoms with Crippen molar-refractivity contribution in [1.29, 1.82) is 0 Å². The summed E-state index contributed by atoms with van der Waals surface area (Å²) in [7, 11) is 3.41. The summed E-state index contributed by atoms with van der Waals surface area (Å²) in [6.07, 6.45) is 1.54. The van der Waals surface area contributed by atoms with Crippen LogP contribution in [0.1, 0.15) is 36.2 Å². The minimum Gasteiger partial charge on any atom is -0.388 e. The average Bonchev–Trinajstić information content (AvgIpc) is 2.73. The molecule has 1 unspecified atom stereocenters. The molecule has 1 aliphatic heterocycles. The van der Waals surface area contributed by atoms with Crippen LogP contribution < -0.4 is 5.32 Å². The van der Waals surface area contributed by atoms with Gasteiger partial charge in [0.25, 0.3) is 0 Å². The first-order chi connectivity index (χ1) is 10.8. The van der Waals surface area contributed by atoms with Gasteiger partial charge in [0.05, 0.1) is 24.1 Å². The number of likely N-dealkylation sites (tertiary alicyclic amines) is 1. The Balaban J connectivity index is 2.06. The van der Waals surface area contributed by atoms with E-state index in [1.165, 1.54) is 0 Å². The van der Waals surface area contributed by atoms with Crippen molar-refractivity contribution in [2.24, 2.45) is 7.05 Å². The topological polar surface area (TPSA) is 87.5 Å². The second kappa shape index (κ2) is 6.70. The third-order valence-electron chi connectivity index (χ3n) is 4.66. The Bertz CT molecular complexity index is 611. The Morgan fingerprint density at radius 2 is 2.09 bits per heavy atom. The highest BCUT2D eigenvalue weighted by atomic mass is 16.3. The summed E-state index contributed by atoms with van der Waals surface area (Å²) in [4.78, 5) is 25.8. The van der Waals surface area contributed by atoms with E-state index in [9.17, 15) is 14.7 Å². The number of aromatic nitrogens is 2. The first-order valence-electron chi connectivity index (χ1n) is 7.95. The zero-order valence-electron chi connectivity index (χ0n) is 14.3. The van der Waals surface area contributed by atoms with E-state index in [2.05, 4.69) is 10.4 Å². The molecule has 23 heavy (non-hydrogen) atoms. The van der Waals surface area contributed by atoms with Crippen LogP contribution in [0.25, 0.3) is 0 Å². The van der Waals surface area contributed by atoms with Gasteiger partial charge in [-0.05, 0) is 26.7 Å². The minimum absolute atomic E-state index is 0.0260. The zero-order valence-corrected chi connectivity index (χ0v) is 14.3. The molecule has 0 spiro atoms. The van der Waals surface area contributed by atoms with Gasteiger partial charge in [0.2, 0.25) is 11.8 Å². The molecule has 2 N–H and O–H groups in total. The van der Waals surface area contributed by atoms with Crippen LogP contribution in [0.4, 0.5) is 0 Å². The van der Waals surface area contributed by atoms with Gasteiger partial charge in [-0.2, -0.15) is 5.10 Å². The Morgan fingerprint density at radius 3 is 2.65 bits per heavy atom. The third kappa shape index (κ3) is 3.90. The van der Waals surface area contributed by atoms with E-state index in [4.69, 9.17) is 0 Å². The molecule has 0 aromatic carbocycles. The second-order valence-corrected chi connectivity index (χ2v) is 6.44. The molecule has 1 aromatic heterocycles. The SMILES string of the molecule is CNC(=O)CC1(O)CCCN(C(=O)Cc2c(C)nn(C)c2C)C1. The van der Waals surface area contributed by atoms with Crippen molar-refractivity contribution in [3.05, 3.63) is 17.0 Å². The number of hydrogen-bond donors (Lipinski definition) is 2. The molecule has 0 aliphatic carbocycles. The second-order valence-electron chi connectivity index (χ2n) is 6.44. The van der Waals surface area contributed by atoms with E-state index in [0.717, 1.165) is 17.0 Å². The smallest absolute Gasteiger partial charge is 0.227 e. The van der Waals surface area contributed by atoms with Gasteiger partial charge in [0.15, 0.2) is 0 Å². The highest BCUT2D eigenvalue weighted by molar-refractivity contribution is 5.80. The van der Waals surface area contributed by atoms with Crippen LogP contribution in [-0.4, -0.2) is 57.3 Å². The lowest BCUT2D eigenvalue weighted by molar-refractivity contribution is -0.141. The molecule has 1 atom stereocenters. The van der Waals surface area contributed by atoms with Crippen molar-refractivity contribution in [2.75, 3.05) is 20.1 Å². The summed E-state index contributed by atoms with van der Waals surface area (Å²) in [5.74, 6) is -0.236. The van der Waals surface area contributed by atoms with Crippen LogP contribution in [0.2, 0.25) is 0 Å². The summed E-state index contributed by atoms with van der Waals surface area (Å²) >= 11 is 0. The van der Waals surface area contributed by atoms with E-state index in [1.54, 1.807) is 16.6 Å². The molecule has 7 nitrogen and oxygen atoms in total. The maximum atomic E-state index is 12.6. The van der Waals surface area contributed by atoms with Crippen molar-refractivity contribution in [1.82, 2.24) is 20.0 Å². The normalized spacial score (nSPS) is 21.3. The van der Waals surface area contributed by atoms with Gasteiger partial charge in [0.1, 0.15) is 0 Å². The predicted molar refractivity (Wildman–Crippen MR) is 85.8 cm³/mol. The lowest BCUT2D eigenvalue weighted by Gasteiger charge is -2.39. The zero-order chi connectivity index (χ0) is 17.2. The van der Waals surface area contributed by atoms with Crippen molar-refractivity contribution < 1.29 is 14.7 Å². The van der Waals surface area contributed by atoms with Crippen LogP contribution in [-0.2, 0) is 23.1 Å². The lowest BCUT2D eigenvalue weighted by atomic mass is 9.89. The Morgan fingerprint density at radius 1 is 1.39 bits per heavy atom. The summed E-state index contributed by atoms with van der Waals surface area (Å²) in [6.45, 7) is 4.67. The Labute approximate surface area is 136 Å². The van der Waals surface area contributed by atoms with E-state index in [-0.39, 0.29) is 31.2 Å². The fraction of sp³-hybridized carbons (Fsp3) is 0.688. The monoisotopic (exact) mass is 322 g/mol. The number of rotatable bonds is 4. The van der Waals surface area contributed by atoms with Crippen LogP contribution in [0.3, 0.4) is 0 Å². The third-order valence-corrected chi connectivity index (χ3v) is 4.66. The lowest BCUT2D eigenvalue weighted by Crippen LogP contribution is -2.52.